The highest BCUT2D eigenvalue weighted by Gasteiger charge is 2.30. The van der Waals surface area contributed by atoms with E-state index >= 15 is 0 Å². The van der Waals surface area contributed by atoms with Crippen molar-refractivity contribution in [3.8, 4) is 11.5 Å². The summed E-state index contributed by atoms with van der Waals surface area (Å²) < 4.78 is 11.2. The number of likely N-dealkylation sites (N-methyl/N-ethyl adjacent to an activating group) is 1. The molecule has 2 N–H and O–H groups in total. The molecule has 0 radical (unpaired) electrons. The van der Waals surface area contributed by atoms with Crippen molar-refractivity contribution in [2.45, 2.75) is 22.3 Å². The molecule has 2 heterocycles. The van der Waals surface area contributed by atoms with E-state index in [0.717, 1.165) is 44.1 Å². The topological polar surface area (TPSA) is 99.5 Å². The summed E-state index contributed by atoms with van der Waals surface area (Å²) >= 11 is 1.85. The Kier molecular flexibility index (Phi) is 8.98. The molecule has 182 valence electrons. The molecular weight excluding hydrogens is 456 g/mol. The van der Waals surface area contributed by atoms with E-state index < -0.39 is 11.9 Å². The van der Waals surface area contributed by atoms with E-state index in [1.54, 1.807) is 14.2 Å². The Morgan fingerprint density at radius 3 is 2.12 bits per heavy atom. The standard InChI is InChI=1S/C21H26N2O2S.C4H4O4/c1-22-8-10-23(11-9-22)17-12-15-6-4-5-7-20(15)26-21-14-19(25-3)18(24-2)13-16(17)21;5-3(6)1-2-4(7)8/h4-7,13-14,17H,8-12H2,1-3H3;1-2H,(H,5,6)(H,7,8)/b;2-1+. The van der Waals surface area contributed by atoms with Gasteiger partial charge in [0.25, 0.3) is 0 Å². The van der Waals surface area contributed by atoms with Crippen LogP contribution in [-0.4, -0.2) is 79.4 Å². The minimum absolute atomic E-state index is 0.370. The second kappa shape index (κ2) is 11.9. The van der Waals surface area contributed by atoms with Crippen LogP contribution in [0.1, 0.15) is 17.2 Å². The highest BCUT2D eigenvalue weighted by molar-refractivity contribution is 7.99. The van der Waals surface area contributed by atoms with Gasteiger partial charge in [0, 0.05) is 54.2 Å². The largest absolute Gasteiger partial charge is 0.493 e. The predicted molar refractivity (Wildman–Crippen MR) is 130 cm³/mol. The number of carbonyl (C=O) groups is 2. The number of piperazine rings is 1. The third kappa shape index (κ3) is 6.53. The number of nitrogens with zero attached hydrogens (tertiary/aromatic N) is 2. The van der Waals surface area contributed by atoms with E-state index in [9.17, 15) is 9.59 Å². The Balaban J connectivity index is 0.000000350. The van der Waals surface area contributed by atoms with E-state index in [-0.39, 0.29) is 0 Å². The maximum atomic E-state index is 9.55. The number of ether oxygens (including phenoxy) is 2. The van der Waals surface area contributed by atoms with Gasteiger partial charge in [-0.05, 0) is 42.8 Å². The molecule has 1 unspecified atom stereocenters. The average Bonchev–Trinajstić information content (AvgIpc) is 2.99. The van der Waals surface area contributed by atoms with Crippen LogP contribution in [0.25, 0.3) is 0 Å². The number of benzene rings is 2. The van der Waals surface area contributed by atoms with Gasteiger partial charge in [-0.15, -0.1) is 0 Å². The number of carboxylic acid groups (broad SMARTS) is 2. The fourth-order valence-electron chi connectivity index (χ4n) is 4.04. The fourth-order valence-corrected chi connectivity index (χ4v) is 5.18. The molecule has 4 rings (SSSR count). The van der Waals surface area contributed by atoms with Crippen LogP contribution in [-0.2, 0) is 16.0 Å². The summed E-state index contributed by atoms with van der Waals surface area (Å²) in [6, 6.07) is 13.5. The molecule has 0 aromatic heterocycles. The second-order valence-corrected chi connectivity index (χ2v) is 9.11. The van der Waals surface area contributed by atoms with Crippen molar-refractivity contribution in [1.82, 2.24) is 9.80 Å². The summed E-state index contributed by atoms with van der Waals surface area (Å²) in [6.45, 7) is 4.44. The number of hydrogen-bond acceptors (Lipinski definition) is 7. The molecule has 2 aromatic carbocycles. The number of fused-ring (bicyclic) bond motifs is 2. The first-order valence-corrected chi connectivity index (χ1v) is 11.7. The van der Waals surface area contributed by atoms with E-state index in [1.807, 2.05) is 11.8 Å². The summed E-state index contributed by atoms with van der Waals surface area (Å²) in [4.78, 5) is 26.8. The van der Waals surface area contributed by atoms with Gasteiger partial charge in [0.2, 0.25) is 0 Å². The smallest absolute Gasteiger partial charge is 0.328 e. The zero-order chi connectivity index (χ0) is 24.7. The average molecular weight is 487 g/mol. The van der Waals surface area contributed by atoms with E-state index in [2.05, 4.69) is 53.2 Å². The summed E-state index contributed by atoms with van der Waals surface area (Å²) in [5.41, 5.74) is 2.78. The Hall–Kier alpha value is -3.01. The molecule has 1 saturated heterocycles. The summed E-state index contributed by atoms with van der Waals surface area (Å²) in [7, 11) is 5.63. The maximum Gasteiger partial charge on any atom is 0.328 e. The van der Waals surface area contributed by atoms with Crippen molar-refractivity contribution < 1.29 is 29.3 Å². The first-order valence-electron chi connectivity index (χ1n) is 10.9. The fraction of sp³-hybridized carbons (Fsp3) is 0.360. The number of rotatable bonds is 5. The lowest BCUT2D eigenvalue weighted by molar-refractivity contribution is -0.134. The molecule has 0 spiro atoms. The molecule has 0 saturated carbocycles. The van der Waals surface area contributed by atoms with Crippen LogP contribution >= 0.6 is 11.8 Å². The van der Waals surface area contributed by atoms with Crippen molar-refractivity contribution in [2.24, 2.45) is 0 Å². The third-order valence-electron chi connectivity index (χ3n) is 5.83. The van der Waals surface area contributed by atoms with Crippen LogP contribution in [0.5, 0.6) is 11.5 Å². The highest BCUT2D eigenvalue weighted by Crippen LogP contribution is 2.46. The molecule has 2 aromatic rings. The van der Waals surface area contributed by atoms with Gasteiger partial charge in [-0.25, -0.2) is 9.59 Å². The monoisotopic (exact) mass is 486 g/mol. The van der Waals surface area contributed by atoms with Crippen molar-refractivity contribution in [3.63, 3.8) is 0 Å². The summed E-state index contributed by atoms with van der Waals surface area (Å²) in [6.07, 6.45) is 2.15. The summed E-state index contributed by atoms with van der Waals surface area (Å²) in [5.74, 6) is -0.896. The van der Waals surface area contributed by atoms with Gasteiger partial charge in [0.05, 0.1) is 14.2 Å². The normalized spacial score (nSPS) is 18.1. The van der Waals surface area contributed by atoms with E-state index in [4.69, 9.17) is 19.7 Å². The first-order chi connectivity index (χ1) is 16.3. The zero-order valence-corrected chi connectivity index (χ0v) is 20.4. The molecule has 1 atom stereocenters. The lowest BCUT2D eigenvalue weighted by atomic mass is 9.96. The molecule has 9 heteroatoms. The Bertz CT molecular complexity index is 1030. The second-order valence-electron chi connectivity index (χ2n) is 8.02. The number of methoxy groups -OCH3 is 2. The number of carboxylic acids is 2. The van der Waals surface area contributed by atoms with Crippen molar-refractivity contribution in [1.29, 1.82) is 0 Å². The van der Waals surface area contributed by atoms with E-state index in [1.165, 1.54) is 20.9 Å². The summed E-state index contributed by atoms with van der Waals surface area (Å²) in [5, 5.41) is 15.6. The molecule has 0 amide bonds. The van der Waals surface area contributed by atoms with Gasteiger partial charge in [-0.1, -0.05) is 30.0 Å². The molecule has 0 aliphatic carbocycles. The minimum atomic E-state index is -1.26. The van der Waals surface area contributed by atoms with Gasteiger partial charge in [-0.3, -0.25) is 4.90 Å². The maximum absolute atomic E-state index is 9.55. The third-order valence-corrected chi connectivity index (χ3v) is 7.02. The SMILES string of the molecule is COc1cc2c(cc1OC)C(N1CCN(C)CC1)Cc1ccccc1S2.O=C(O)/C=C/C(=O)O. The zero-order valence-electron chi connectivity index (χ0n) is 19.6. The van der Waals surface area contributed by atoms with Gasteiger partial charge >= 0.3 is 11.9 Å². The minimum Gasteiger partial charge on any atom is -0.493 e. The van der Waals surface area contributed by atoms with Crippen LogP contribution < -0.4 is 9.47 Å². The molecule has 0 bridgehead atoms. The van der Waals surface area contributed by atoms with Crippen molar-refractivity contribution in [3.05, 3.63) is 59.7 Å². The molecule has 34 heavy (non-hydrogen) atoms. The Labute approximate surface area is 203 Å². The highest BCUT2D eigenvalue weighted by atomic mass is 32.2. The first kappa shape index (κ1) is 25.6. The van der Waals surface area contributed by atoms with Crippen LogP contribution in [0.4, 0.5) is 0 Å². The number of hydrogen-bond donors (Lipinski definition) is 2. The Morgan fingerprint density at radius 1 is 0.941 bits per heavy atom. The van der Waals surface area contributed by atoms with Crippen LogP contribution in [0.15, 0.2) is 58.3 Å². The quantitative estimate of drug-likeness (QED) is 0.616. The van der Waals surface area contributed by atoms with Crippen LogP contribution in [0.3, 0.4) is 0 Å². The van der Waals surface area contributed by atoms with Crippen LogP contribution in [0.2, 0.25) is 0 Å². The van der Waals surface area contributed by atoms with Crippen molar-refractivity contribution in [2.75, 3.05) is 47.4 Å². The molecule has 8 nitrogen and oxygen atoms in total. The van der Waals surface area contributed by atoms with Gasteiger partial charge in [0.1, 0.15) is 0 Å². The lowest BCUT2D eigenvalue weighted by Crippen LogP contribution is -2.46. The molecular formula is C25H30N2O6S. The van der Waals surface area contributed by atoms with Crippen molar-refractivity contribution >= 4 is 23.7 Å². The molecule has 1 fully saturated rings. The predicted octanol–water partition coefficient (Wildman–Crippen LogP) is 3.41. The molecule has 2 aliphatic rings. The number of aliphatic carboxylic acids is 2. The Morgan fingerprint density at radius 2 is 1.53 bits per heavy atom. The van der Waals surface area contributed by atoms with Crippen LogP contribution in [0, 0.1) is 0 Å². The molecule has 2 aliphatic heterocycles. The van der Waals surface area contributed by atoms with Gasteiger partial charge in [0.15, 0.2) is 11.5 Å². The van der Waals surface area contributed by atoms with Gasteiger partial charge < -0.3 is 24.6 Å². The lowest BCUT2D eigenvalue weighted by Gasteiger charge is -2.38. The van der Waals surface area contributed by atoms with Gasteiger partial charge in [-0.2, -0.15) is 0 Å². The van der Waals surface area contributed by atoms with E-state index in [0.29, 0.717) is 18.2 Å².